The van der Waals surface area contributed by atoms with Crippen molar-refractivity contribution in [2.24, 2.45) is 0 Å². The SMILES string of the molecule is Brc1cccc(CSc2nnc(COc3ccccc3)n2Cc2ccccc2)c1. The van der Waals surface area contributed by atoms with Gasteiger partial charge in [0, 0.05) is 10.2 Å². The van der Waals surface area contributed by atoms with Gasteiger partial charge in [0.05, 0.1) is 6.54 Å². The Kier molecular flexibility index (Phi) is 6.64. The highest BCUT2D eigenvalue weighted by Crippen LogP contribution is 2.25. The molecule has 0 atom stereocenters. The standard InChI is InChI=1S/C23H20BrN3OS/c24-20-11-7-10-19(14-20)17-29-23-26-25-22(16-28-21-12-5-2-6-13-21)27(23)15-18-8-3-1-4-9-18/h1-14H,15-17H2. The summed E-state index contributed by atoms with van der Waals surface area (Å²) in [4.78, 5) is 0. The van der Waals surface area contributed by atoms with E-state index in [4.69, 9.17) is 4.74 Å². The third kappa shape index (κ3) is 5.49. The number of thioether (sulfide) groups is 1. The summed E-state index contributed by atoms with van der Waals surface area (Å²) in [6, 6.07) is 28.5. The van der Waals surface area contributed by atoms with Crippen LogP contribution >= 0.6 is 27.7 Å². The van der Waals surface area contributed by atoms with Crippen LogP contribution in [0.5, 0.6) is 5.75 Å². The predicted octanol–water partition coefficient (Wildman–Crippen LogP) is 5.96. The monoisotopic (exact) mass is 465 g/mol. The van der Waals surface area contributed by atoms with Gasteiger partial charge in [-0.15, -0.1) is 10.2 Å². The Bertz CT molecular complexity index is 1050. The smallest absolute Gasteiger partial charge is 0.191 e. The molecule has 0 amide bonds. The van der Waals surface area contributed by atoms with Crippen molar-refractivity contribution in [3.8, 4) is 5.75 Å². The molecule has 0 spiro atoms. The van der Waals surface area contributed by atoms with E-state index in [-0.39, 0.29) is 0 Å². The van der Waals surface area contributed by atoms with Crippen molar-refractivity contribution >= 4 is 27.7 Å². The quantitative estimate of drug-likeness (QED) is 0.301. The van der Waals surface area contributed by atoms with Gasteiger partial charge < -0.3 is 4.74 Å². The molecule has 4 rings (SSSR count). The molecule has 1 aromatic heterocycles. The van der Waals surface area contributed by atoms with Crippen LogP contribution in [0, 0.1) is 0 Å². The number of nitrogens with zero attached hydrogens (tertiary/aromatic N) is 3. The Hall–Kier alpha value is -2.57. The third-order valence-corrected chi connectivity index (χ3v) is 5.88. The van der Waals surface area contributed by atoms with E-state index in [1.807, 2.05) is 60.7 Å². The molecule has 3 aromatic carbocycles. The molecule has 0 fully saturated rings. The fourth-order valence-corrected chi connectivity index (χ4v) is 4.24. The first-order valence-corrected chi connectivity index (χ1v) is 11.1. The van der Waals surface area contributed by atoms with Gasteiger partial charge in [0.2, 0.25) is 0 Å². The van der Waals surface area contributed by atoms with E-state index in [9.17, 15) is 0 Å². The summed E-state index contributed by atoms with van der Waals surface area (Å²) in [5.41, 5.74) is 2.44. The number of para-hydroxylation sites is 1. The van der Waals surface area contributed by atoms with Gasteiger partial charge in [0.15, 0.2) is 11.0 Å². The molecule has 29 heavy (non-hydrogen) atoms. The number of halogens is 1. The Morgan fingerprint density at radius 1 is 0.828 bits per heavy atom. The number of hydrogen-bond acceptors (Lipinski definition) is 4. The molecule has 146 valence electrons. The largest absolute Gasteiger partial charge is 0.486 e. The van der Waals surface area contributed by atoms with E-state index < -0.39 is 0 Å². The van der Waals surface area contributed by atoms with Crippen LogP contribution in [0.2, 0.25) is 0 Å². The maximum atomic E-state index is 5.92. The Balaban J connectivity index is 1.54. The van der Waals surface area contributed by atoms with Gasteiger partial charge in [-0.05, 0) is 35.4 Å². The summed E-state index contributed by atoms with van der Waals surface area (Å²) in [6.45, 7) is 1.09. The predicted molar refractivity (Wildman–Crippen MR) is 120 cm³/mol. The van der Waals surface area contributed by atoms with Gasteiger partial charge in [0.1, 0.15) is 12.4 Å². The summed E-state index contributed by atoms with van der Waals surface area (Å²) >= 11 is 5.22. The molecule has 1 heterocycles. The number of rotatable bonds is 8. The Labute approximate surface area is 183 Å². The van der Waals surface area contributed by atoms with Crippen LogP contribution in [0.1, 0.15) is 17.0 Å². The van der Waals surface area contributed by atoms with Crippen molar-refractivity contribution in [3.05, 3.63) is 106 Å². The summed E-state index contributed by atoms with van der Waals surface area (Å²) in [5, 5.41) is 9.75. The molecule has 0 aliphatic carbocycles. The molecule has 0 saturated heterocycles. The summed E-state index contributed by atoms with van der Waals surface area (Å²) in [7, 11) is 0. The van der Waals surface area contributed by atoms with E-state index in [0.29, 0.717) is 13.2 Å². The van der Waals surface area contributed by atoms with Crippen LogP contribution in [0.3, 0.4) is 0 Å². The average molecular weight is 466 g/mol. The summed E-state index contributed by atoms with van der Waals surface area (Å²) < 4.78 is 9.15. The zero-order chi connectivity index (χ0) is 19.9. The van der Waals surface area contributed by atoms with Crippen LogP contribution in [-0.4, -0.2) is 14.8 Å². The van der Waals surface area contributed by atoms with E-state index >= 15 is 0 Å². The molecule has 0 N–H and O–H groups in total. The van der Waals surface area contributed by atoms with E-state index in [1.165, 1.54) is 11.1 Å². The molecule has 0 unspecified atom stereocenters. The van der Waals surface area contributed by atoms with Crippen LogP contribution < -0.4 is 4.74 Å². The highest BCUT2D eigenvalue weighted by Gasteiger charge is 2.14. The number of aromatic nitrogens is 3. The molecule has 6 heteroatoms. The third-order valence-electron chi connectivity index (χ3n) is 4.35. The van der Waals surface area contributed by atoms with Crippen LogP contribution in [0.4, 0.5) is 0 Å². The minimum absolute atomic E-state index is 0.376. The van der Waals surface area contributed by atoms with Gasteiger partial charge in [0.25, 0.3) is 0 Å². The van der Waals surface area contributed by atoms with Crippen molar-refractivity contribution in [3.63, 3.8) is 0 Å². The summed E-state index contributed by atoms with van der Waals surface area (Å²) in [6.07, 6.45) is 0. The Morgan fingerprint density at radius 3 is 2.31 bits per heavy atom. The first-order chi connectivity index (χ1) is 14.3. The van der Waals surface area contributed by atoms with E-state index in [0.717, 1.165) is 27.0 Å². The molecule has 0 aliphatic heterocycles. The van der Waals surface area contributed by atoms with Crippen molar-refractivity contribution < 1.29 is 4.74 Å². The normalized spacial score (nSPS) is 10.8. The average Bonchev–Trinajstić information content (AvgIpc) is 3.14. The van der Waals surface area contributed by atoms with Crippen LogP contribution in [-0.2, 0) is 18.9 Å². The zero-order valence-corrected chi connectivity index (χ0v) is 18.1. The van der Waals surface area contributed by atoms with Gasteiger partial charge in [-0.2, -0.15) is 0 Å². The van der Waals surface area contributed by atoms with Crippen molar-refractivity contribution in [2.75, 3.05) is 0 Å². The molecule has 0 bridgehead atoms. The van der Waals surface area contributed by atoms with Gasteiger partial charge in [-0.3, -0.25) is 4.57 Å². The molecule has 0 saturated carbocycles. The van der Waals surface area contributed by atoms with Crippen molar-refractivity contribution in [2.45, 2.75) is 24.1 Å². The minimum Gasteiger partial charge on any atom is -0.486 e. The van der Waals surface area contributed by atoms with E-state index in [1.54, 1.807) is 11.8 Å². The zero-order valence-electron chi connectivity index (χ0n) is 15.7. The van der Waals surface area contributed by atoms with Crippen LogP contribution in [0.25, 0.3) is 0 Å². The van der Waals surface area contributed by atoms with Gasteiger partial charge >= 0.3 is 0 Å². The van der Waals surface area contributed by atoms with Gasteiger partial charge in [-0.25, -0.2) is 0 Å². The molecule has 0 aliphatic rings. The lowest BCUT2D eigenvalue weighted by Crippen LogP contribution is -2.09. The number of hydrogen-bond donors (Lipinski definition) is 0. The second-order valence-electron chi connectivity index (χ2n) is 6.49. The minimum atomic E-state index is 0.376. The maximum absolute atomic E-state index is 5.92. The van der Waals surface area contributed by atoms with E-state index in [2.05, 4.69) is 55.0 Å². The summed E-state index contributed by atoms with van der Waals surface area (Å²) in [5.74, 6) is 2.46. The maximum Gasteiger partial charge on any atom is 0.191 e. The number of benzene rings is 3. The fraction of sp³-hybridized carbons (Fsp3) is 0.130. The van der Waals surface area contributed by atoms with Crippen molar-refractivity contribution in [1.29, 1.82) is 0 Å². The fourth-order valence-electron chi connectivity index (χ4n) is 2.90. The highest BCUT2D eigenvalue weighted by molar-refractivity contribution is 9.10. The lowest BCUT2D eigenvalue weighted by molar-refractivity contribution is 0.289. The molecule has 0 radical (unpaired) electrons. The molecular weight excluding hydrogens is 446 g/mol. The Morgan fingerprint density at radius 2 is 1.55 bits per heavy atom. The highest BCUT2D eigenvalue weighted by atomic mass is 79.9. The number of ether oxygens (including phenoxy) is 1. The lowest BCUT2D eigenvalue weighted by Gasteiger charge is -2.11. The molecule has 4 nitrogen and oxygen atoms in total. The lowest BCUT2D eigenvalue weighted by atomic mass is 10.2. The topological polar surface area (TPSA) is 39.9 Å². The van der Waals surface area contributed by atoms with Crippen molar-refractivity contribution in [1.82, 2.24) is 14.8 Å². The first kappa shape index (κ1) is 19.7. The van der Waals surface area contributed by atoms with Gasteiger partial charge in [-0.1, -0.05) is 88.4 Å². The second-order valence-corrected chi connectivity index (χ2v) is 8.35. The second kappa shape index (κ2) is 9.76. The molecular formula is C23H20BrN3OS. The molecule has 4 aromatic rings. The first-order valence-electron chi connectivity index (χ1n) is 9.29. The van der Waals surface area contributed by atoms with Crippen LogP contribution in [0.15, 0.2) is 94.6 Å².